The van der Waals surface area contributed by atoms with Crippen LogP contribution in [0.1, 0.15) is 35.5 Å². The Morgan fingerprint density at radius 3 is 2.45 bits per heavy atom. The molecule has 2 heterocycles. The molecular formula is C20H22F3N4OP. The molecule has 0 amide bonds. The van der Waals surface area contributed by atoms with Gasteiger partial charge in [-0.2, -0.15) is 13.2 Å². The van der Waals surface area contributed by atoms with Crippen molar-refractivity contribution in [2.75, 3.05) is 18.6 Å². The molecule has 9 heteroatoms. The molecule has 0 bridgehead atoms. The van der Waals surface area contributed by atoms with E-state index >= 15 is 0 Å². The smallest absolute Gasteiger partial charge is 0.363 e. The van der Waals surface area contributed by atoms with Gasteiger partial charge in [0.25, 0.3) is 0 Å². The SMILES string of the molecule is Cc1nc(N[C@H](C)c2cccc(C(F)(F)F)c2C)c2cc(P(C)(C)=O)ncc2n1. The molecule has 0 radical (unpaired) electrons. The van der Waals surface area contributed by atoms with Crippen molar-refractivity contribution in [3.63, 3.8) is 0 Å². The van der Waals surface area contributed by atoms with E-state index in [-0.39, 0.29) is 5.56 Å². The number of nitrogens with zero attached hydrogens (tertiary/aromatic N) is 3. The number of hydrogen-bond donors (Lipinski definition) is 1. The van der Waals surface area contributed by atoms with Crippen LogP contribution in [0.4, 0.5) is 19.0 Å². The molecule has 0 aliphatic heterocycles. The molecule has 0 saturated heterocycles. The number of benzene rings is 1. The van der Waals surface area contributed by atoms with Crippen molar-refractivity contribution < 1.29 is 17.7 Å². The third-order valence-electron chi connectivity index (χ3n) is 4.73. The van der Waals surface area contributed by atoms with Crippen LogP contribution in [0.2, 0.25) is 0 Å². The maximum Gasteiger partial charge on any atom is 0.416 e. The van der Waals surface area contributed by atoms with Gasteiger partial charge < -0.3 is 9.88 Å². The summed E-state index contributed by atoms with van der Waals surface area (Å²) in [7, 11) is -2.60. The number of nitrogens with one attached hydrogen (secondary N) is 1. The minimum atomic E-state index is -4.41. The second-order valence-electron chi connectivity index (χ2n) is 7.41. The highest BCUT2D eigenvalue weighted by Gasteiger charge is 2.33. The number of aromatic nitrogens is 3. The molecule has 0 fully saturated rings. The quantitative estimate of drug-likeness (QED) is 0.594. The standard InChI is InChI=1S/C20H22F3N4OP/c1-11-14(7-6-8-16(11)20(21,22)23)12(2)25-19-15-9-18(29(4,5)28)24-10-17(15)26-13(3)27-19/h6-10,12H,1-5H3,(H,25,26,27)/t12-/m1/s1. The zero-order valence-electron chi connectivity index (χ0n) is 16.8. The second kappa shape index (κ2) is 7.41. The summed E-state index contributed by atoms with van der Waals surface area (Å²) in [6, 6.07) is 5.38. The Hall–Kier alpha value is -2.47. The monoisotopic (exact) mass is 422 g/mol. The molecule has 3 rings (SSSR count). The summed E-state index contributed by atoms with van der Waals surface area (Å²) in [5, 5.41) is 3.83. The summed E-state index contributed by atoms with van der Waals surface area (Å²) in [5.41, 5.74) is 1.06. The molecule has 0 unspecified atom stereocenters. The maximum absolute atomic E-state index is 13.3. The summed E-state index contributed by atoms with van der Waals surface area (Å²) < 4.78 is 52.2. The Morgan fingerprint density at radius 2 is 1.83 bits per heavy atom. The fraction of sp³-hybridized carbons (Fsp3) is 0.350. The highest BCUT2D eigenvalue weighted by atomic mass is 31.2. The minimum Gasteiger partial charge on any atom is -0.363 e. The summed E-state index contributed by atoms with van der Waals surface area (Å²) >= 11 is 0. The van der Waals surface area contributed by atoms with Crippen LogP contribution in [0.25, 0.3) is 10.9 Å². The first-order valence-corrected chi connectivity index (χ1v) is 11.6. The van der Waals surface area contributed by atoms with Gasteiger partial charge in [0.15, 0.2) is 0 Å². The lowest BCUT2D eigenvalue weighted by molar-refractivity contribution is -0.138. The molecule has 0 spiro atoms. The summed E-state index contributed by atoms with van der Waals surface area (Å²) in [5.74, 6) is 0.965. The Kier molecular flexibility index (Phi) is 5.43. The number of alkyl halides is 3. The highest BCUT2D eigenvalue weighted by molar-refractivity contribution is 7.69. The van der Waals surface area contributed by atoms with Crippen LogP contribution in [-0.2, 0) is 10.7 Å². The molecule has 0 saturated carbocycles. The third-order valence-corrected chi connectivity index (χ3v) is 6.08. The van der Waals surface area contributed by atoms with Crippen LogP contribution in [0.15, 0.2) is 30.5 Å². The van der Waals surface area contributed by atoms with Crippen molar-refractivity contribution in [2.24, 2.45) is 0 Å². The largest absolute Gasteiger partial charge is 0.416 e. The zero-order chi connectivity index (χ0) is 21.6. The van der Waals surface area contributed by atoms with Crippen LogP contribution in [0.5, 0.6) is 0 Å². The number of anilines is 1. The first-order chi connectivity index (χ1) is 13.4. The van der Waals surface area contributed by atoms with Crippen LogP contribution in [0.3, 0.4) is 0 Å². The molecule has 154 valence electrons. The molecule has 1 N–H and O–H groups in total. The summed E-state index contributed by atoms with van der Waals surface area (Å²) in [6.07, 6.45) is -2.87. The average molecular weight is 422 g/mol. The predicted molar refractivity (Wildman–Crippen MR) is 109 cm³/mol. The molecule has 1 atom stereocenters. The van der Waals surface area contributed by atoms with Gasteiger partial charge in [-0.3, -0.25) is 4.98 Å². The highest BCUT2D eigenvalue weighted by Crippen LogP contribution is 2.37. The van der Waals surface area contributed by atoms with Crippen LogP contribution < -0.4 is 10.8 Å². The van der Waals surface area contributed by atoms with Crippen molar-refractivity contribution in [1.29, 1.82) is 0 Å². The first kappa shape index (κ1) is 21.2. The number of hydrogen-bond acceptors (Lipinski definition) is 5. The number of fused-ring (bicyclic) bond motifs is 1. The minimum absolute atomic E-state index is 0.170. The van der Waals surface area contributed by atoms with E-state index in [1.165, 1.54) is 13.0 Å². The lowest BCUT2D eigenvalue weighted by Gasteiger charge is -2.21. The Bertz CT molecular complexity index is 1120. The summed E-state index contributed by atoms with van der Waals surface area (Å²) in [6.45, 7) is 8.21. The van der Waals surface area contributed by atoms with E-state index in [4.69, 9.17) is 0 Å². The fourth-order valence-electron chi connectivity index (χ4n) is 3.25. The van der Waals surface area contributed by atoms with E-state index in [0.717, 1.165) is 6.07 Å². The van der Waals surface area contributed by atoms with E-state index < -0.39 is 24.9 Å². The average Bonchev–Trinajstić information content (AvgIpc) is 2.59. The van der Waals surface area contributed by atoms with Gasteiger partial charge in [0.05, 0.1) is 23.3 Å². The lowest BCUT2D eigenvalue weighted by Crippen LogP contribution is -2.15. The van der Waals surface area contributed by atoms with E-state index in [2.05, 4.69) is 20.3 Å². The van der Waals surface area contributed by atoms with E-state index in [9.17, 15) is 17.7 Å². The zero-order valence-corrected chi connectivity index (χ0v) is 17.7. The number of pyridine rings is 1. The predicted octanol–water partition coefficient (Wildman–Crippen LogP) is 5.08. The van der Waals surface area contributed by atoms with Gasteiger partial charge in [-0.25, -0.2) is 9.97 Å². The lowest BCUT2D eigenvalue weighted by atomic mass is 9.97. The van der Waals surface area contributed by atoms with Crippen LogP contribution in [0, 0.1) is 13.8 Å². The molecule has 29 heavy (non-hydrogen) atoms. The van der Waals surface area contributed by atoms with Crippen molar-refractivity contribution in [3.05, 3.63) is 53.0 Å². The van der Waals surface area contributed by atoms with Gasteiger partial charge in [0.1, 0.15) is 24.2 Å². The van der Waals surface area contributed by atoms with Gasteiger partial charge in [-0.1, -0.05) is 12.1 Å². The number of halogens is 3. The topological polar surface area (TPSA) is 67.8 Å². The van der Waals surface area contributed by atoms with Gasteiger partial charge >= 0.3 is 6.18 Å². The third kappa shape index (κ3) is 4.42. The van der Waals surface area contributed by atoms with Crippen molar-refractivity contribution >= 4 is 29.3 Å². The van der Waals surface area contributed by atoms with E-state index in [1.807, 2.05) is 0 Å². The second-order valence-corrected chi connectivity index (χ2v) is 10.6. The van der Waals surface area contributed by atoms with Crippen molar-refractivity contribution in [1.82, 2.24) is 15.0 Å². The van der Waals surface area contributed by atoms with Crippen LogP contribution in [-0.4, -0.2) is 28.3 Å². The molecule has 2 aromatic heterocycles. The Morgan fingerprint density at radius 1 is 1.14 bits per heavy atom. The molecule has 3 aromatic rings. The maximum atomic E-state index is 13.3. The molecular weight excluding hydrogens is 400 g/mol. The van der Waals surface area contributed by atoms with Gasteiger partial charge in [0.2, 0.25) is 0 Å². The number of aryl methyl sites for hydroxylation is 1. The fourth-order valence-corrected chi connectivity index (χ4v) is 4.03. The molecule has 5 nitrogen and oxygen atoms in total. The Balaban J connectivity index is 2.07. The van der Waals surface area contributed by atoms with E-state index in [1.54, 1.807) is 45.5 Å². The van der Waals surface area contributed by atoms with Gasteiger partial charge in [-0.05, 0) is 57.4 Å². The van der Waals surface area contributed by atoms with Crippen molar-refractivity contribution in [3.8, 4) is 0 Å². The molecule has 0 aliphatic carbocycles. The summed E-state index contributed by atoms with van der Waals surface area (Å²) in [4.78, 5) is 13.0. The van der Waals surface area contributed by atoms with Crippen molar-refractivity contribution in [2.45, 2.75) is 33.0 Å². The number of rotatable bonds is 4. The molecule has 0 aliphatic rings. The first-order valence-electron chi connectivity index (χ1n) is 9.01. The van der Waals surface area contributed by atoms with Gasteiger partial charge in [-0.15, -0.1) is 0 Å². The Labute approximate surface area is 167 Å². The molecule has 1 aromatic carbocycles. The van der Waals surface area contributed by atoms with Crippen LogP contribution >= 0.6 is 7.14 Å². The van der Waals surface area contributed by atoms with Gasteiger partial charge in [0, 0.05) is 5.39 Å². The normalized spacial score (nSPS) is 13.5. The van der Waals surface area contributed by atoms with E-state index in [0.29, 0.717) is 33.5 Å².